The van der Waals surface area contributed by atoms with Crippen LogP contribution in [0.25, 0.3) is 6.08 Å². The van der Waals surface area contributed by atoms with Gasteiger partial charge in [-0.2, -0.15) is 0 Å². The number of anilines is 1. The zero-order chi connectivity index (χ0) is 34.9. The third-order valence-corrected chi connectivity index (χ3v) is 10.8. The van der Waals surface area contributed by atoms with Gasteiger partial charge in [0.15, 0.2) is 16.9 Å². The Bertz CT molecular complexity index is 1880. The molecule has 50 heavy (non-hydrogen) atoms. The summed E-state index contributed by atoms with van der Waals surface area (Å²) in [5.41, 5.74) is 2.60. The van der Waals surface area contributed by atoms with Crippen molar-refractivity contribution in [3.8, 4) is 0 Å². The molecule has 0 bridgehead atoms. The maximum atomic E-state index is 14.0. The number of hydrogen-bond acceptors (Lipinski definition) is 12. The minimum Gasteiger partial charge on any atom is -0.448 e. The van der Waals surface area contributed by atoms with Gasteiger partial charge in [0, 0.05) is 28.8 Å². The van der Waals surface area contributed by atoms with Crippen LogP contribution in [0.1, 0.15) is 28.5 Å². The molecule has 0 aliphatic carbocycles. The van der Waals surface area contributed by atoms with Crippen LogP contribution in [0.15, 0.2) is 113 Å². The van der Waals surface area contributed by atoms with Gasteiger partial charge in [0.2, 0.25) is 6.41 Å². The number of nitrogens with one attached hydrogen (secondary N) is 2. The lowest BCUT2D eigenvalue weighted by Crippen LogP contribution is -2.71. The van der Waals surface area contributed by atoms with E-state index in [1.807, 2.05) is 84.3 Å². The van der Waals surface area contributed by atoms with E-state index in [1.54, 1.807) is 30.2 Å². The molecule has 2 aliphatic rings. The Labute approximate surface area is 300 Å². The molecular weight excluding hydrogens is 697 g/mol. The molecule has 4 aromatic rings. The van der Waals surface area contributed by atoms with E-state index in [9.17, 15) is 19.2 Å². The van der Waals surface area contributed by atoms with E-state index in [2.05, 4.69) is 25.8 Å². The van der Waals surface area contributed by atoms with Gasteiger partial charge in [0.25, 0.3) is 11.8 Å². The van der Waals surface area contributed by atoms with Crippen molar-refractivity contribution in [3.63, 3.8) is 0 Å². The average molecular weight is 727 g/mol. The standard InChI is InChI=1S/C35H30N6O6S3/c1-46-40-28(26-20-49-35(38-26)37-21-42)31(43)39-29-32(44)41-27(17-25(50-33(29)41)19-48-16-14-22-9-8-15-36-18-22)34(45)47-30(23-10-4-2-5-11-23)24-12-6-3-7-13-24/h2-18,20-21,25,29-30,33H,19H2,1H3,(H,39,43)(H,37,38,42)/b16-14-,40-28?/t25?,29?,33-/m1/s1. The molecular formula is C35H30N6O6S3. The maximum absolute atomic E-state index is 14.0. The molecule has 3 atom stereocenters. The molecule has 2 aromatic carbocycles. The summed E-state index contributed by atoms with van der Waals surface area (Å²) in [5, 5.41) is 11.9. The minimum absolute atomic E-state index is 0.109. The summed E-state index contributed by atoms with van der Waals surface area (Å²) < 4.78 is 6.16. The summed E-state index contributed by atoms with van der Waals surface area (Å²) in [6.45, 7) is 0. The van der Waals surface area contributed by atoms with Gasteiger partial charge in [-0.25, -0.2) is 9.78 Å². The third kappa shape index (κ3) is 7.96. The van der Waals surface area contributed by atoms with Crippen LogP contribution in [0.5, 0.6) is 0 Å². The highest BCUT2D eigenvalue weighted by molar-refractivity contribution is 8.05. The first-order valence-corrected chi connectivity index (χ1v) is 18.1. The number of β-lactam (4-membered cyclic amide) rings is 1. The van der Waals surface area contributed by atoms with Crippen molar-refractivity contribution in [3.05, 3.63) is 130 Å². The first-order chi connectivity index (χ1) is 24.5. The fourth-order valence-corrected chi connectivity index (χ4v) is 8.33. The summed E-state index contributed by atoms with van der Waals surface area (Å²) in [7, 11) is 1.28. The second-order valence-corrected chi connectivity index (χ2v) is 13.9. The van der Waals surface area contributed by atoms with Crippen LogP contribution in [-0.4, -0.2) is 74.3 Å². The quantitative estimate of drug-likeness (QED) is 0.0607. The molecule has 2 aromatic heterocycles. The van der Waals surface area contributed by atoms with Crippen molar-refractivity contribution in [1.29, 1.82) is 0 Å². The predicted octanol–water partition coefficient (Wildman–Crippen LogP) is 4.85. The lowest BCUT2D eigenvalue weighted by atomic mass is 10.0. The molecule has 2 unspecified atom stereocenters. The van der Waals surface area contributed by atoms with Gasteiger partial charge in [0.1, 0.15) is 29.9 Å². The van der Waals surface area contributed by atoms with Gasteiger partial charge in [0.05, 0.1) is 0 Å². The van der Waals surface area contributed by atoms with Crippen LogP contribution in [0, 0.1) is 0 Å². The number of thioether (sulfide) groups is 2. The second-order valence-electron chi connectivity index (χ2n) is 10.7. The zero-order valence-corrected chi connectivity index (χ0v) is 28.9. The molecule has 4 heterocycles. The van der Waals surface area contributed by atoms with Crippen molar-refractivity contribution in [2.45, 2.75) is 22.8 Å². The molecule has 3 amide bonds. The summed E-state index contributed by atoms with van der Waals surface area (Å²) in [6, 6.07) is 21.6. The zero-order valence-electron chi connectivity index (χ0n) is 26.4. The molecule has 2 N–H and O–H groups in total. The van der Waals surface area contributed by atoms with Gasteiger partial charge in [-0.15, -0.1) is 34.9 Å². The molecule has 0 spiro atoms. The number of carbonyl (C=O) groups excluding carboxylic acids is 4. The Morgan fingerprint density at radius 3 is 2.48 bits per heavy atom. The number of oxime groups is 1. The van der Waals surface area contributed by atoms with Crippen LogP contribution in [-0.2, 0) is 28.8 Å². The number of rotatable bonds is 14. The van der Waals surface area contributed by atoms with Crippen LogP contribution in [0.2, 0.25) is 0 Å². The highest BCUT2D eigenvalue weighted by atomic mass is 32.2. The Balaban J connectivity index is 1.24. The highest BCUT2D eigenvalue weighted by Crippen LogP contribution is 2.43. The number of fused-ring (bicyclic) bond motifs is 1. The summed E-state index contributed by atoms with van der Waals surface area (Å²) >= 11 is 4.09. The Kier molecular flexibility index (Phi) is 11.4. The molecule has 15 heteroatoms. The Morgan fingerprint density at radius 2 is 1.82 bits per heavy atom. The maximum Gasteiger partial charge on any atom is 0.355 e. The van der Waals surface area contributed by atoms with Crippen LogP contribution < -0.4 is 10.6 Å². The topological polar surface area (TPSA) is 152 Å². The lowest BCUT2D eigenvalue weighted by Gasteiger charge is -2.50. The number of thiazole rings is 1. The fraction of sp³-hybridized carbons (Fsp3) is 0.171. The molecule has 254 valence electrons. The SMILES string of the molecule is CON=C(C(=O)NC1C(=O)N2C(C(=O)OC(c3ccccc3)c3ccccc3)=CC(CS/C=C\c3cccnc3)S[C@H]12)c1csc(NC=O)n1. The summed E-state index contributed by atoms with van der Waals surface area (Å²) in [4.78, 5) is 66.7. The smallest absolute Gasteiger partial charge is 0.355 e. The number of nitrogens with zero attached hydrogens (tertiary/aromatic N) is 4. The minimum atomic E-state index is -0.977. The largest absolute Gasteiger partial charge is 0.448 e. The van der Waals surface area contributed by atoms with E-state index in [-0.39, 0.29) is 27.5 Å². The van der Waals surface area contributed by atoms with Crippen LogP contribution >= 0.6 is 34.9 Å². The number of ether oxygens (including phenoxy) is 1. The van der Waals surface area contributed by atoms with E-state index >= 15 is 0 Å². The van der Waals surface area contributed by atoms with E-state index in [1.165, 1.54) is 29.2 Å². The molecule has 6 rings (SSSR count). The van der Waals surface area contributed by atoms with Crippen molar-refractivity contribution in [2.24, 2.45) is 5.16 Å². The number of pyridine rings is 1. The summed E-state index contributed by atoms with van der Waals surface area (Å²) in [6.07, 6.45) is 6.92. The van der Waals surface area contributed by atoms with Crippen molar-refractivity contribution >= 4 is 76.0 Å². The first kappa shape index (κ1) is 34.6. The number of hydrogen-bond donors (Lipinski definition) is 2. The van der Waals surface area contributed by atoms with E-state index < -0.39 is 35.3 Å². The van der Waals surface area contributed by atoms with Gasteiger partial charge in [-0.3, -0.25) is 24.3 Å². The van der Waals surface area contributed by atoms with Gasteiger partial charge >= 0.3 is 5.97 Å². The lowest BCUT2D eigenvalue weighted by molar-refractivity contribution is -0.154. The number of esters is 1. The Hall–Kier alpha value is -5.25. The normalized spacial score (nSPS) is 18.6. The van der Waals surface area contributed by atoms with E-state index in [0.29, 0.717) is 12.2 Å². The molecule has 0 radical (unpaired) electrons. The monoisotopic (exact) mass is 726 g/mol. The summed E-state index contributed by atoms with van der Waals surface area (Å²) in [5.74, 6) is -1.27. The fourth-order valence-electron chi connectivity index (χ4n) is 5.23. The van der Waals surface area contributed by atoms with Crippen molar-refractivity contribution in [1.82, 2.24) is 20.2 Å². The first-order valence-electron chi connectivity index (χ1n) is 15.2. The molecule has 0 saturated carbocycles. The number of aromatic nitrogens is 2. The van der Waals surface area contributed by atoms with Crippen LogP contribution in [0.3, 0.4) is 0 Å². The highest BCUT2D eigenvalue weighted by Gasteiger charge is 2.55. The van der Waals surface area contributed by atoms with Crippen molar-refractivity contribution < 1.29 is 28.8 Å². The van der Waals surface area contributed by atoms with Crippen LogP contribution in [0.4, 0.5) is 5.13 Å². The molecule has 12 nitrogen and oxygen atoms in total. The molecule has 2 aliphatic heterocycles. The number of amides is 3. The van der Waals surface area contributed by atoms with E-state index in [0.717, 1.165) is 28.0 Å². The molecule has 1 fully saturated rings. The van der Waals surface area contributed by atoms with Crippen molar-refractivity contribution in [2.75, 3.05) is 18.2 Å². The molecule has 1 saturated heterocycles. The number of benzene rings is 2. The van der Waals surface area contributed by atoms with Gasteiger partial charge < -0.3 is 20.2 Å². The average Bonchev–Trinajstić information content (AvgIpc) is 3.62. The number of carbonyl (C=O) groups is 4. The predicted molar refractivity (Wildman–Crippen MR) is 194 cm³/mol. The Morgan fingerprint density at radius 1 is 1.08 bits per heavy atom. The third-order valence-electron chi connectivity index (χ3n) is 7.51. The van der Waals surface area contributed by atoms with Gasteiger partial charge in [-0.1, -0.05) is 71.9 Å². The second kappa shape index (κ2) is 16.4. The van der Waals surface area contributed by atoms with E-state index in [4.69, 9.17) is 9.57 Å². The van der Waals surface area contributed by atoms with Gasteiger partial charge in [-0.05, 0) is 40.3 Å².